The smallest absolute Gasteiger partial charge is 0.234 e. The fourth-order valence-corrected chi connectivity index (χ4v) is 6.84. The highest BCUT2D eigenvalue weighted by Gasteiger charge is 2.23. The van der Waals surface area contributed by atoms with E-state index < -0.39 is 0 Å². The van der Waals surface area contributed by atoms with Gasteiger partial charge >= 0.3 is 0 Å². The number of rotatable bonds is 6. The Labute approximate surface area is 215 Å². The molecule has 0 spiro atoms. The Hall–Kier alpha value is -2.75. The summed E-state index contributed by atoms with van der Waals surface area (Å²) in [4.78, 5) is 23.5. The molecule has 4 heterocycles. The number of thioether (sulfide) groups is 1. The fraction of sp³-hybridized carbons (Fsp3) is 0.320. The van der Waals surface area contributed by atoms with Gasteiger partial charge in [0, 0.05) is 11.1 Å². The Balaban J connectivity index is 1.34. The molecule has 0 fully saturated rings. The molecule has 0 unspecified atom stereocenters. The molecule has 1 aliphatic rings. The van der Waals surface area contributed by atoms with Crippen molar-refractivity contribution in [2.75, 3.05) is 11.1 Å². The molecule has 0 radical (unpaired) electrons. The van der Waals surface area contributed by atoms with Gasteiger partial charge < -0.3 is 5.32 Å². The number of carbonyl (C=O) groups is 1. The molecular formula is C25H23ClN6OS2. The largest absolute Gasteiger partial charge is 0.324 e. The number of para-hydroxylation sites is 1. The van der Waals surface area contributed by atoms with Crippen LogP contribution in [-0.2, 0) is 24.1 Å². The van der Waals surface area contributed by atoms with E-state index in [0.717, 1.165) is 46.4 Å². The second kappa shape index (κ2) is 9.37. The summed E-state index contributed by atoms with van der Waals surface area (Å²) in [7, 11) is 0. The van der Waals surface area contributed by atoms with Crippen LogP contribution in [0.3, 0.4) is 0 Å². The summed E-state index contributed by atoms with van der Waals surface area (Å²) < 4.78 is 2.86. The van der Waals surface area contributed by atoms with Gasteiger partial charge in [0.2, 0.25) is 5.91 Å². The van der Waals surface area contributed by atoms with Crippen molar-refractivity contribution in [1.82, 2.24) is 24.6 Å². The Bertz CT molecular complexity index is 1590. The number of hydrogen-bond acceptors (Lipinski definition) is 7. The van der Waals surface area contributed by atoms with E-state index in [-0.39, 0.29) is 11.7 Å². The van der Waals surface area contributed by atoms with Gasteiger partial charge in [-0.15, -0.1) is 21.5 Å². The highest BCUT2D eigenvalue weighted by Crippen LogP contribution is 2.40. The molecule has 0 atom stereocenters. The van der Waals surface area contributed by atoms with Crippen LogP contribution < -0.4 is 5.32 Å². The maximum atomic E-state index is 12.5. The van der Waals surface area contributed by atoms with Crippen LogP contribution in [0.2, 0.25) is 5.02 Å². The van der Waals surface area contributed by atoms with E-state index in [4.69, 9.17) is 21.6 Å². The van der Waals surface area contributed by atoms with E-state index in [0.29, 0.717) is 15.9 Å². The Morgan fingerprint density at radius 3 is 2.86 bits per heavy atom. The predicted molar refractivity (Wildman–Crippen MR) is 143 cm³/mol. The normalized spacial score (nSPS) is 13.5. The van der Waals surface area contributed by atoms with Gasteiger partial charge in [0.15, 0.2) is 10.8 Å². The van der Waals surface area contributed by atoms with Crippen LogP contribution in [-0.4, -0.2) is 36.2 Å². The van der Waals surface area contributed by atoms with Crippen LogP contribution in [0.1, 0.15) is 43.0 Å². The fourth-order valence-electron chi connectivity index (χ4n) is 4.80. The highest BCUT2D eigenvalue weighted by molar-refractivity contribution is 7.99. The molecule has 6 rings (SSSR count). The van der Waals surface area contributed by atoms with Crippen LogP contribution in [0.25, 0.3) is 26.1 Å². The van der Waals surface area contributed by atoms with E-state index in [1.165, 1.54) is 46.8 Å². The average molecular weight is 523 g/mol. The molecule has 5 aromatic rings. The Kier molecular flexibility index (Phi) is 6.07. The third kappa shape index (κ3) is 4.05. The Morgan fingerprint density at radius 1 is 1.20 bits per heavy atom. The predicted octanol–water partition coefficient (Wildman–Crippen LogP) is 6.10. The zero-order valence-corrected chi connectivity index (χ0v) is 21.6. The van der Waals surface area contributed by atoms with Crippen molar-refractivity contribution in [3.05, 3.63) is 52.4 Å². The minimum absolute atomic E-state index is 0.157. The lowest BCUT2D eigenvalue weighted by Gasteiger charge is -2.19. The van der Waals surface area contributed by atoms with Gasteiger partial charge in [0.25, 0.3) is 0 Å². The summed E-state index contributed by atoms with van der Waals surface area (Å²) in [5, 5.41) is 14.0. The van der Waals surface area contributed by atoms with Crippen LogP contribution in [0, 0.1) is 0 Å². The quantitative estimate of drug-likeness (QED) is 0.271. The lowest BCUT2D eigenvalue weighted by Crippen LogP contribution is -2.14. The molecule has 178 valence electrons. The number of halogens is 1. The number of aromatic nitrogens is 5. The number of thiophene rings is 1. The lowest BCUT2D eigenvalue weighted by atomic mass is 9.88. The van der Waals surface area contributed by atoms with Crippen molar-refractivity contribution < 1.29 is 4.79 Å². The van der Waals surface area contributed by atoms with Gasteiger partial charge in [-0.05, 0) is 55.4 Å². The van der Waals surface area contributed by atoms with Gasteiger partial charge in [-0.25, -0.2) is 9.97 Å². The standard InChI is InChI=1S/C25H23ClN6OS2/c1-2-7-17-14-8-3-4-9-15(14)20-21-22(35-24(20)29-17)23-30-31-25(32(23)13-27-21)34-12-19(33)28-18-11-6-5-10-16(18)26/h5-6,10-11,13H,2-4,7-9,12H2,1H3,(H,28,33). The van der Waals surface area contributed by atoms with Crippen LogP contribution in [0.15, 0.2) is 35.7 Å². The van der Waals surface area contributed by atoms with E-state index in [2.05, 4.69) is 22.4 Å². The monoisotopic (exact) mass is 522 g/mol. The van der Waals surface area contributed by atoms with Crippen molar-refractivity contribution in [3.8, 4) is 0 Å². The zero-order valence-electron chi connectivity index (χ0n) is 19.2. The first kappa shape index (κ1) is 22.7. The highest BCUT2D eigenvalue weighted by atomic mass is 35.5. The molecule has 7 nitrogen and oxygen atoms in total. The van der Waals surface area contributed by atoms with Crippen LogP contribution in [0.5, 0.6) is 0 Å². The molecule has 0 saturated carbocycles. The molecule has 0 bridgehead atoms. The van der Waals surface area contributed by atoms with Crippen molar-refractivity contribution in [2.24, 2.45) is 0 Å². The number of benzene rings is 1. The number of nitrogens with zero attached hydrogens (tertiary/aromatic N) is 5. The minimum atomic E-state index is -0.157. The summed E-state index contributed by atoms with van der Waals surface area (Å²) in [6.45, 7) is 2.21. The second-order valence-corrected chi connectivity index (χ2v) is 11.0. The van der Waals surface area contributed by atoms with Gasteiger partial charge in [-0.3, -0.25) is 9.20 Å². The van der Waals surface area contributed by atoms with Crippen molar-refractivity contribution in [2.45, 2.75) is 50.6 Å². The molecule has 10 heteroatoms. The van der Waals surface area contributed by atoms with Gasteiger partial charge in [0.05, 0.1) is 22.0 Å². The average Bonchev–Trinajstić information content (AvgIpc) is 3.45. The van der Waals surface area contributed by atoms with Crippen LogP contribution in [0.4, 0.5) is 5.69 Å². The molecular weight excluding hydrogens is 500 g/mol. The number of anilines is 1. The number of amides is 1. The second-order valence-electron chi connectivity index (χ2n) is 8.67. The maximum Gasteiger partial charge on any atom is 0.234 e. The number of carbonyl (C=O) groups excluding carboxylic acids is 1. The molecule has 1 aromatic carbocycles. The van der Waals surface area contributed by atoms with Gasteiger partial charge in [-0.2, -0.15) is 0 Å². The van der Waals surface area contributed by atoms with Crippen molar-refractivity contribution >= 4 is 72.4 Å². The zero-order chi connectivity index (χ0) is 23.9. The number of nitrogens with one attached hydrogen (secondary N) is 1. The summed E-state index contributed by atoms with van der Waals surface area (Å²) >= 11 is 9.11. The first-order valence-corrected chi connectivity index (χ1v) is 14.0. The summed E-state index contributed by atoms with van der Waals surface area (Å²) in [6.07, 6.45) is 8.50. The minimum Gasteiger partial charge on any atom is -0.324 e. The molecule has 1 aliphatic carbocycles. The third-order valence-electron chi connectivity index (χ3n) is 6.36. The summed E-state index contributed by atoms with van der Waals surface area (Å²) in [5.74, 6) is 0.0290. The molecule has 1 amide bonds. The number of fused-ring (bicyclic) bond motifs is 7. The molecule has 35 heavy (non-hydrogen) atoms. The number of aryl methyl sites for hydroxylation is 2. The Morgan fingerprint density at radius 2 is 2.03 bits per heavy atom. The first-order chi connectivity index (χ1) is 17.1. The third-order valence-corrected chi connectivity index (χ3v) is 8.70. The van der Waals surface area contributed by atoms with E-state index in [1.807, 2.05) is 16.5 Å². The van der Waals surface area contributed by atoms with Gasteiger partial charge in [-0.1, -0.05) is 48.8 Å². The van der Waals surface area contributed by atoms with Crippen molar-refractivity contribution in [3.63, 3.8) is 0 Å². The molecule has 4 aromatic heterocycles. The summed E-state index contributed by atoms with van der Waals surface area (Å²) in [6, 6.07) is 7.18. The number of hydrogen-bond donors (Lipinski definition) is 1. The first-order valence-electron chi connectivity index (χ1n) is 11.8. The topological polar surface area (TPSA) is 85.1 Å². The number of pyridine rings is 1. The van der Waals surface area contributed by atoms with Crippen LogP contribution >= 0.6 is 34.7 Å². The summed E-state index contributed by atoms with van der Waals surface area (Å²) in [5.41, 5.74) is 6.44. The van der Waals surface area contributed by atoms with Crippen molar-refractivity contribution in [1.29, 1.82) is 0 Å². The van der Waals surface area contributed by atoms with E-state index >= 15 is 0 Å². The van der Waals surface area contributed by atoms with Gasteiger partial charge in [0.1, 0.15) is 15.9 Å². The molecule has 0 aliphatic heterocycles. The van der Waals surface area contributed by atoms with E-state index in [1.54, 1.807) is 29.8 Å². The van der Waals surface area contributed by atoms with E-state index in [9.17, 15) is 4.79 Å². The molecule has 1 N–H and O–H groups in total. The maximum absolute atomic E-state index is 12.5. The SMILES string of the molecule is CCCc1nc2sc3c(ncn4c(SCC(=O)Nc5ccccc5Cl)nnc34)c2c2c1CCCC2. The lowest BCUT2D eigenvalue weighted by molar-refractivity contribution is -0.113. The molecule has 0 saturated heterocycles.